The van der Waals surface area contributed by atoms with Crippen LogP contribution in [0.4, 0.5) is 10.5 Å². The second kappa shape index (κ2) is 6.80. The van der Waals surface area contributed by atoms with Crippen LogP contribution in [0.25, 0.3) is 0 Å². The van der Waals surface area contributed by atoms with Gasteiger partial charge in [-0.15, -0.1) is 0 Å². The van der Waals surface area contributed by atoms with E-state index in [-0.39, 0.29) is 24.7 Å². The zero-order valence-electron chi connectivity index (χ0n) is 10.7. The van der Waals surface area contributed by atoms with Crippen LogP contribution < -0.4 is 10.9 Å². The van der Waals surface area contributed by atoms with E-state index in [4.69, 9.17) is 5.11 Å². The van der Waals surface area contributed by atoms with Gasteiger partial charge >= 0.3 is 6.03 Å². The van der Waals surface area contributed by atoms with Gasteiger partial charge in [0.25, 0.3) is 5.56 Å². The van der Waals surface area contributed by atoms with E-state index in [9.17, 15) is 9.59 Å². The molecule has 0 saturated carbocycles. The van der Waals surface area contributed by atoms with Gasteiger partial charge in [0.05, 0.1) is 12.3 Å². The molecule has 0 aliphatic carbocycles. The topological polar surface area (TPSA) is 74.6 Å². The Kier molecular flexibility index (Phi) is 5.38. The Bertz CT molecular complexity index is 456. The summed E-state index contributed by atoms with van der Waals surface area (Å²) in [6, 6.07) is 2.70. The van der Waals surface area contributed by atoms with Crippen molar-refractivity contribution in [2.75, 3.05) is 25.0 Å². The second-order valence-electron chi connectivity index (χ2n) is 3.78. The number of urea groups is 1. The number of carbonyl (C=O) groups excluding carboxylic acids is 1. The zero-order valence-corrected chi connectivity index (χ0v) is 10.7. The fraction of sp³-hybridized carbons (Fsp3) is 0.500. The first-order valence-electron chi connectivity index (χ1n) is 5.99. The average Bonchev–Trinajstić information content (AvgIpc) is 2.38. The summed E-state index contributed by atoms with van der Waals surface area (Å²) >= 11 is 0. The number of carbonyl (C=O) groups is 1. The van der Waals surface area contributed by atoms with Gasteiger partial charge in [0, 0.05) is 31.9 Å². The number of nitrogens with one attached hydrogen (secondary N) is 1. The standard InChI is InChI=1S/C12H19N3O3/c1-3-14(7-8-16)12(18)13-10-5-6-11(17)15(4-2)9-10/h5-6,9,16H,3-4,7-8H2,1-2H3,(H,13,18). The highest BCUT2D eigenvalue weighted by atomic mass is 16.3. The van der Waals surface area contributed by atoms with Gasteiger partial charge < -0.3 is 19.9 Å². The van der Waals surface area contributed by atoms with E-state index in [0.29, 0.717) is 18.8 Å². The number of pyridine rings is 1. The molecule has 0 unspecified atom stereocenters. The molecule has 18 heavy (non-hydrogen) atoms. The Morgan fingerprint density at radius 2 is 2.17 bits per heavy atom. The number of aryl methyl sites for hydroxylation is 1. The summed E-state index contributed by atoms with van der Waals surface area (Å²) in [6.07, 6.45) is 1.60. The van der Waals surface area contributed by atoms with Gasteiger partial charge in [-0.2, -0.15) is 0 Å². The molecule has 6 heteroatoms. The summed E-state index contributed by atoms with van der Waals surface area (Å²) in [7, 11) is 0. The van der Waals surface area contributed by atoms with Crippen molar-refractivity contribution in [1.82, 2.24) is 9.47 Å². The third-order valence-electron chi connectivity index (χ3n) is 2.61. The fourth-order valence-corrected chi connectivity index (χ4v) is 1.58. The van der Waals surface area contributed by atoms with Crippen LogP contribution in [0.5, 0.6) is 0 Å². The molecular formula is C12H19N3O3. The summed E-state index contributed by atoms with van der Waals surface area (Å²) in [4.78, 5) is 24.7. The number of aliphatic hydroxyl groups excluding tert-OH is 1. The highest BCUT2D eigenvalue weighted by Crippen LogP contribution is 2.05. The third kappa shape index (κ3) is 3.59. The first-order valence-corrected chi connectivity index (χ1v) is 5.99. The molecule has 1 heterocycles. The van der Waals surface area contributed by atoms with E-state index in [0.717, 1.165) is 0 Å². The number of anilines is 1. The minimum atomic E-state index is -0.284. The quantitative estimate of drug-likeness (QED) is 0.811. The summed E-state index contributed by atoms with van der Waals surface area (Å²) in [5.74, 6) is 0. The maximum atomic E-state index is 11.8. The molecule has 0 aliphatic heterocycles. The Balaban J connectivity index is 2.78. The van der Waals surface area contributed by atoms with E-state index >= 15 is 0 Å². The Labute approximate surface area is 106 Å². The molecule has 2 amide bonds. The van der Waals surface area contributed by atoms with Crippen LogP contribution in [-0.4, -0.2) is 40.3 Å². The van der Waals surface area contributed by atoms with Crippen molar-refractivity contribution >= 4 is 11.7 Å². The number of aromatic nitrogens is 1. The van der Waals surface area contributed by atoms with Crippen molar-refractivity contribution in [3.8, 4) is 0 Å². The van der Waals surface area contributed by atoms with Gasteiger partial charge in [-0.05, 0) is 19.9 Å². The fourth-order valence-electron chi connectivity index (χ4n) is 1.58. The minimum Gasteiger partial charge on any atom is -0.395 e. The van der Waals surface area contributed by atoms with Crippen molar-refractivity contribution in [3.05, 3.63) is 28.7 Å². The lowest BCUT2D eigenvalue weighted by molar-refractivity contribution is 0.192. The van der Waals surface area contributed by atoms with Crippen molar-refractivity contribution in [3.63, 3.8) is 0 Å². The van der Waals surface area contributed by atoms with Crippen molar-refractivity contribution in [2.24, 2.45) is 0 Å². The van der Waals surface area contributed by atoms with Crippen molar-refractivity contribution < 1.29 is 9.90 Å². The Morgan fingerprint density at radius 1 is 1.44 bits per heavy atom. The molecule has 0 saturated heterocycles. The molecule has 0 aliphatic rings. The maximum Gasteiger partial charge on any atom is 0.321 e. The predicted molar refractivity (Wildman–Crippen MR) is 69.7 cm³/mol. The highest BCUT2D eigenvalue weighted by molar-refractivity contribution is 5.89. The number of likely N-dealkylation sites (N-methyl/N-ethyl adjacent to an activating group) is 1. The largest absolute Gasteiger partial charge is 0.395 e. The van der Waals surface area contributed by atoms with E-state index in [2.05, 4.69) is 5.32 Å². The lowest BCUT2D eigenvalue weighted by atomic mass is 10.4. The van der Waals surface area contributed by atoms with Gasteiger partial charge in [0.15, 0.2) is 0 Å². The molecule has 0 spiro atoms. The van der Waals surface area contributed by atoms with Gasteiger partial charge in [0.2, 0.25) is 0 Å². The Morgan fingerprint density at radius 3 is 2.72 bits per heavy atom. The normalized spacial score (nSPS) is 10.2. The Hall–Kier alpha value is -1.82. The van der Waals surface area contributed by atoms with Gasteiger partial charge in [-0.1, -0.05) is 0 Å². The molecule has 2 N–H and O–H groups in total. The van der Waals surface area contributed by atoms with E-state index in [1.54, 1.807) is 12.3 Å². The summed E-state index contributed by atoms with van der Waals surface area (Å²) in [6.45, 7) is 4.97. The highest BCUT2D eigenvalue weighted by Gasteiger charge is 2.11. The molecular weight excluding hydrogens is 234 g/mol. The number of hydrogen-bond acceptors (Lipinski definition) is 3. The van der Waals surface area contributed by atoms with Crippen molar-refractivity contribution in [2.45, 2.75) is 20.4 Å². The van der Waals surface area contributed by atoms with Crippen LogP contribution in [-0.2, 0) is 6.54 Å². The van der Waals surface area contributed by atoms with E-state index < -0.39 is 0 Å². The van der Waals surface area contributed by atoms with Crippen LogP contribution in [0.3, 0.4) is 0 Å². The molecule has 0 atom stereocenters. The number of aliphatic hydroxyl groups is 1. The molecule has 0 aromatic carbocycles. The SMILES string of the molecule is CCN(CCO)C(=O)Nc1ccc(=O)n(CC)c1. The van der Waals surface area contributed by atoms with E-state index in [1.807, 2.05) is 13.8 Å². The first-order chi connectivity index (χ1) is 8.62. The lowest BCUT2D eigenvalue weighted by Gasteiger charge is -2.20. The summed E-state index contributed by atoms with van der Waals surface area (Å²) in [5, 5.41) is 11.5. The molecule has 0 fully saturated rings. The van der Waals surface area contributed by atoms with Crippen molar-refractivity contribution in [1.29, 1.82) is 0 Å². The van der Waals surface area contributed by atoms with Crippen LogP contribution in [0.2, 0.25) is 0 Å². The van der Waals surface area contributed by atoms with Gasteiger partial charge in [-0.3, -0.25) is 4.79 Å². The smallest absolute Gasteiger partial charge is 0.321 e. The first kappa shape index (κ1) is 14.2. The van der Waals surface area contributed by atoms with Crippen LogP contribution in [0.15, 0.2) is 23.1 Å². The summed E-state index contributed by atoms with van der Waals surface area (Å²) < 4.78 is 1.51. The zero-order chi connectivity index (χ0) is 13.5. The monoisotopic (exact) mass is 253 g/mol. The molecule has 100 valence electrons. The molecule has 0 bridgehead atoms. The second-order valence-corrected chi connectivity index (χ2v) is 3.78. The number of nitrogens with zero attached hydrogens (tertiary/aromatic N) is 2. The number of hydrogen-bond donors (Lipinski definition) is 2. The van der Waals surface area contributed by atoms with E-state index in [1.165, 1.54) is 15.5 Å². The maximum absolute atomic E-state index is 11.8. The summed E-state index contributed by atoms with van der Waals surface area (Å²) in [5.41, 5.74) is 0.469. The number of amides is 2. The van der Waals surface area contributed by atoms with Gasteiger partial charge in [-0.25, -0.2) is 4.79 Å². The lowest BCUT2D eigenvalue weighted by Crippen LogP contribution is -2.37. The van der Waals surface area contributed by atoms with Crippen LogP contribution in [0.1, 0.15) is 13.8 Å². The molecule has 1 rings (SSSR count). The molecule has 1 aromatic rings. The molecule has 1 aromatic heterocycles. The van der Waals surface area contributed by atoms with Crippen LogP contribution in [0, 0.1) is 0 Å². The molecule has 0 radical (unpaired) electrons. The van der Waals surface area contributed by atoms with Crippen LogP contribution >= 0.6 is 0 Å². The molecule has 6 nitrogen and oxygen atoms in total. The average molecular weight is 253 g/mol. The number of rotatable bonds is 5. The minimum absolute atomic E-state index is 0.0737. The third-order valence-corrected chi connectivity index (χ3v) is 2.61. The van der Waals surface area contributed by atoms with Gasteiger partial charge in [0.1, 0.15) is 0 Å². The predicted octanol–water partition coefficient (Wildman–Crippen LogP) is 0.714.